The van der Waals surface area contributed by atoms with Gasteiger partial charge in [-0.05, 0) is 32.1 Å². The summed E-state index contributed by atoms with van der Waals surface area (Å²) >= 11 is 0. The fraction of sp³-hybridized carbons (Fsp3) is 0.911. The molecule has 0 aromatic rings. The van der Waals surface area contributed by atoms with Crippen molar-refractivity contribution in [3.8, 4) is 0 Å². The van der Waals surface area contributed by atoms with Crippen molar-refractivity contribution in [1.29, 1.82) is 0 Å². The second-order valence-corrected chi connectivity index (χ2v) is 18.2. The quantitative estimate of drug-likeness (QED) is 0.0214. The van der Waals surface area contributed by atoms with Gasteiger partial charge in [0, 0.05) is 12.8 Å². The number of phosphoric acid groups is 1. The highest BCUT2D eigenvalue weighted by atomic mass is 31.2. The van der Waals surface area contributed by atoms with Crippen LogP contribution in [-0.4, -0.2) is 74.9 Å². The molecule has 9 nitrogen and oxygen atoms in total. The van der Waals surface area contributed by atoms with E-state index in [1.54, 1.807) is 0 Å². The van der Waals surface area contributed by atoms with Crippen molar-refractivity contribution in [2.75, 3.05) is 47.5 Å². The van der Waals surface area contributed by atoms with Crippen LogP contribution in [0.3, 0.4) is 0 Å². The van der Waals surface area contributed by atoms with Crippen LogP contribution < -0.4 is 0 Å². The van der Waals surface area contributed by atoms with E-state index in [9.17, 15) is 19.0 Å². The lowest BCUT2D eigenvalue weighted by Crippen LogP contribution is -2.37. The Balaban J connectivity index is 4.24. The zero-order valence-corrected chi connectivity index (χ0v) is 37.6. The predicted molar refractivity (Wildman–Crippen MR) is 229 cm³/mol. The molecule has 0 rings (SSSR count). The van der Waals surface area contributed by atoms with Crippen molar-refractivity contribution in [3.63, 3.8) is 0 Å². The highest BCUT2D eigenvalue weighted by Gasteiger charge is 2.27. The maximum atomic E-state index is 12.7. The summed E-state index contributed by atoms with van der Waals surface area (Å²) in [6.45, 7) is 4.40. The fourth-order valence-electron chi connectivity index (χ4n) is 6.41. The molecule has 326 valence electrons. The van der Waals surface area contributed by atoms with Gasteiger partial charge >= 0.3 is 19.8 Å². The molecule has 0 saturated heterocycles. The summed E-state index contributed by atoms with van der Waals surface area (Å²) in [6.07, 6.45) is 39.8. The maximum absolute atomic E-state index is 12.7. The standard InChI is InChI=1S/C45H88NO8P/c1-6-8-10-12-14-16-18-19-20-21-22-23-24-25-26-28-30-32-34-36-38-45(48)54-43(42-53-55(49,50)52-40-39-46(3,4)5)41-51-44(47)37-35-33-31-29-27-17-15-13-11-9-7-2/h13,15,43H,6-12,14,16-42H2,1-5H3/p+1/b15-13+/t43-/m1/s1. The third-order valence-corrected chi connectivity index (χ3v) is 11.0. The number of ether oxygens (including phenoxy) is 2. The topological polar surface area (TPSA) is 108 Å². The van der Waals surface area contributed by atoms with Crippen molar-refractivity contribution in [2.24, 2.45) is 0 Å². The molecule has 2 atom stereocenters. The monoisotopic (exact) mass is 803 g/mol. The Morgan fingerprint density at radius 2 is 0.945 bits per heavy atom. The summed E-state index contributed by atoms with van der Waals surface area (Å²) in [5, 5.41) is 0. The Bertz CT molecular complexity index is 954. The molecule has 0 heterocycles. The Labute approximate surface area is 339 Å². The number of quaternary nitrogens is 1. The van der Waals surface area contributed by atoms with Crippen molar-refractivity contribution in [2.45, 2.75) is 219 Å². The lowest BCUT2D eigenvalue weighted by atomic mass is 10.0. The first-order valence-corrected chi connectivity index (χ1v) is 24.4. The number of carbonyl (C=O) groups is 2. The van der Waals surface area contributed by atoms with Crippen molar-refractivity contribution >= 4 is 19.8 Å². The van der Waals surface area contributed by atoms with Gasteiger partial charge < -0.3 is 18.9 Å². The number of phosphoric ester groups is 1. The van der Waals surface area contributed by atoms with Gasteiger partial charge in [0.15, 0.2) is 6.10 Å². The largest absolute Gasteiger partial charge is 0.472 e. The summed E-state index contributed by atoms with van der Waals surface area (Å²) < 4.78 is 34.3. The number of allylic oxidation sites excluding steroid dienone is 2. The SMILES string of the molecule is CCCC/C=C/CCCCCCCC(=O)OC[C@H](COP(=O)(O)OCC[N+](C)(C)C)OC(=O)CCCCCCCCCCCCCCCCCCCCCC. The molecule has 0 aromatic heterocycles. The first-order chi connectivity index (χ1) is 26.5. The number of carbonyl (C=O) groups excluding carboxylic acids is 2. The van der Waals surface area contributed by atoms with Crippen LogP contribution in [0.2, 0.25) is 0 Å². The molecule has 0 bridgehead atoms. The number of hydrogen-bond donors (Lipinski definition) is 1. The summed E-state index contributed by atoms with van der Waals surface area (Å²) in [4.78, 5) is 35.3. The van der Waals surface area contributed by atoms with E-state index in [2.05, 4.69) is 26.0 Å². The highest BCUT2D eigenvalue weighted by Crippen LogP contribution is 2.43. The predicted octanol–water partition coefficient (Wildman–Crippen LogP) is 13.0. The van der Waals surface area contributed by atoms with Crippen LogP contribution in [0.4, 0.5) is 0 Å². The highest BCUT2D eigenvalue weighted by molar-refractivity contribution is 7.47. The number of nitrogens with zero attached hydrogens (tertiary/aromatic N) is 1. The van der Waals surface area contributed by atoms with Gasteiger partial charge in [0.25, 0.3) is 0 Å². The average molecular weight is 803 g/mol. The summed E-state index contributed by atoms with van der Waals surface area (Å²) in [7, 11) is 1.48. The average Bonchev–Trinajstić information content (AvgIpc) is 3.13. The van der Waals surface area contributed by atoms with Crippen molar-refractivity contribution in [3.05, 3.63) is 12.2 Å². The van der Waals surface area contributed by atoms with Gasteiger partial charge in [0.1, 0.15) is 19.8 Å². The second kappa shape index (κ2) is 38.3. The van der Waals surface area contributed by atoms with Crippen LogP contribution in [0.15, 0.2) is 12.2 Å². The van der Waals surface area contributed by atoms with Crippen molar-refractivity contribution in [1.82, 2.24) is 0 Å². The lowest BCUT2D eigenvalue weighted by Gasteiger charge is -2.24. The minimum Gasteiger partial charge on any atom is -0.462 e. The van der Waals surface area contributed by atoms with E-state index in [4.69, 9.17) is 18.5 Å². The van der Waals surface area contributed by atoms with Gasteiger partial charge in [0.2, 0.25) is 0 Å². The number of likely N-dealkylation sites (N-methyl/N-ethyl adjacent to an activating group) is 1. The van der Waals surface area contributed by atoms with Crippen LogP contribution in [0.5, 0.6) is 0 Å². The molecule has 55 heavy (non-hydrogen) atoms. The summed E-state index contributed by atoms with van der Waals surface area (Å²) in [5.41, 5.74) is 0. The smallest absolute Gasteiger partial charge is 0.462 e. The van der Waals surface area contributed by atoms with Crippen LogP contribution in [0.1, 0.15) is 213 Å². The van der Waals surface area contributed by atoms with Crippen LogP contribution in [0, 0.1) is 0 Å². The molecule has 0 aromatic carbocycles. The normalized spacial score (nSPS) is 13.6. The summed E-state index contributed by atoms with van der Waals surface area (Å²) in [5.74, 6) is -0.800. The van der Waals surface area contributed by atoms with E-state index in [1.807, 2.05) is 21.1 Å². The van der Waals surface area contributed by atoms with E-state index in [1.165, 1.54) is 122 Å². The van der Waals surface area contributed by atoms with Crippen LogP contribution in [-0.2, 0) is 32.7 Å². The zero-order chi connectivity index (χ0) is 40.7. The molecule has 1 N–H and O–H groups in total. The van der Waals surface area contributed by atoms with Crippen LogP contribution in [0.25, 0.3) is 0 Å². The number of rotatable bonds is 42. The van der Waals surface area contributed by atoms with E-state index in [0.717, 1.165) is 57.8 Å². The molecular weight excluding hydrogens is 713 g/mol. The second-order valence-electron chi connectivity index (χ2n) is 16.8. The number of unbranched alkanes of at least 4 members (excludes halogenated alkanes) is 26. The third-order valence-electron chi connectivity index (χ3n) is 10.0. The van der Waals surface area contributed by atoms with E-state index < -0.39 is 26.5 Å². The number of esters is 2. The Kier molecular flexibility index (Phi) is 37.4. The Hall–Kier alpha value is -1.25. The molecule has 0 aliphatic heterocycles. The molecule has 0 aliphatic rings. The maximum Gasteiger partial charge on any atom is 0.472 e. The fourth-order valence-corrected chi connectivity index (χ4v) is 7.15. The molecule has 1 unspecified atom stereocenters. The summed E-state index contributed by atoms with van der Waals surface area (Å²) in [6, 6.07) is 0. The van der Waals surface area contributed by atoms with Crippen LogP contribution >= 0.6 is 7.82 Å². The van der Waals surface area contributed by atoms with Gasteiger partial charge in [-0.3, -0.25) is 18.6 Å². The van der Waals surface area contributed by atoms with Gasteiger partial charge in [-0.2, -0.15) is 0 Å². The Morgan fingerprint density at radius 1 is 0.545 bits per heavy atom. The minimum atomic E-state index is -4.37. The number of hydrogen-bond acceptors (Lipinski definition) is 7. The van der Waals surface area contributed by atoms with Gasteiger partial charge in [-0.15, -0.1) is 0 Å². The molecule has 0 spiro atoms. The van der Waals surface area contributed by atoms with E-state index in [-0.39, 0.29) is 32.0 Å². The lowest BCUT2D eigenvalue weighted by molar-refractivity contribution is -0.870. The zero-order valence-electron chi connectivity index (χ0n) is 36.7. The van der Waals surface area contributed by atoms with E-state index in [0.29, 0.717) is 17.4 Å². The third kappa shape index (κ3) is 42.2. The van der Waals surface area contributed by atoms with E-state index >= 15 is 0 Å². The van der Waals surface area contributed by atoms with Gasteiger partial charge in [-0.1, -0.05) is 180 Å². The molecule has 0 radical (unpaired) electrons. The van der Waals surface area contributed by atoms with Gasteiger partial charge in [-0.25, -0.2) is 4.57 Å². The molecule has 0 fully saturated rings. The molecule has 0 amide bonds. The first kappa shape index (κ1) is 53.8. The molecule has 0 aliphatic carbocycles. The van der Waals surface area contributed by atoms with Crippen molar-refractivity contribution < 1.29 is 42.1 Å². The molecule has 10 heteroatoms. The minimum absolute atomic E-state index is 0.0335. The molecule has 0 saturated carbocycles. The molecular formula is C45H89NO8P+. The Morgan fingerprint density at radius 3 is 1.40 bits per heavy atom. The van der Waals surface area contributed by atoms with Gasteiger partial charge in [0.05, 0.1) is 27.7 Å². The first-order valence-electron chi connectivity index (χ1n) is 22.9.